The number of hydrogen-bond donors (Lipinski definition) is 2. The molecule has 0 saturated carbocycles. The molecule has 1 aromatic carbocycles. The zero-order chi connectivity index (χ0) is 12.3. The molecule has 0 radical (unpaired) electrons. The molecule has 0 fully saturated rings. The Morgan fingerprint density at radius 1 is 1.35 bits per heavy atom. The molecule has 1 aromatic heterocycles. The second-order valence-electron chi connectivity index (χ2n) is 4.53. The molecule has 1 unspecified atom stereocenters. The van der Waals surface area contributed by atoms with Gasteiger partial charge in [-0.2, -0.15) is 0 Å². The van der Waals surface area contributed by atoms with Gasteiger partial charge in [0.15, 0.2) is 0 Å². The van der Waals surface area contributed by atoms with Crippen LogP contribution in [-0.2, 0) is 5.60 Å². The normalized spacial score (nSPS) is 14.8. The summed E-state index contributed by atoms with van der Waals surface area (Å²) in [6, 6.07) is 7.95. The standard InChI is InChI=1S/C14H18N2O/c1-14(17,7-9-15-2)13-5-3-4-11-6-8-16-10-12(11)13/h3-6,8,10,15,17H,7,9H2,1-2H3. The molecule has 0 saturated heterocycles. The number of aromatic nitrogens is 1. The maximum absolute atomic E-state index is 10.5. The van der Waals surface area contributed by atoms with E-state index in [1.54, 1.807) is 6.20 Å². The third-order valence-electron chi connectivity index (χ3n) is 3.13. The van der Waals surface area contributed by atoms with Crippen LogP contribution in [0, 0.1) is 0 Å². The number of nitrogens with zero attached hydrogens (tertiary/aromatic N) is 1. The van der Waals surface area contributed by atoms with Crippen LogP contribution in [0.1, 0.15) is 18.9 Å². The molecule has 3 nitrogen and oxygen atoms in total. The molecule has 3 heteroatoms. The van der Waals surface area contributed by atoms with E-state index in [2.05, 4.69) is 10.3 Å². The molecular weight excluding hydrogens is 212 g/mol. The zero-order valence-corrected chi connectivity index (χ0v) is 10.3. The van der Waals surface area contributed by atoms with E-state index in [1.165, 1.54) is 0 Å². The molecule has 0 aliphatic rings. The Kier molecular flexibility index (Phi) is 3.41. The van der Waals surface area contributed by atoms with Gasteiger partial charge in [-0.25, -0.2) is 0 Å². The van der Waals surface area contributed by atoms with Gasteiger partial charge in [-0.1, -0.05) is 18.2 Å². The smallest absolute Gasteiger partial charge is 0.0887 e. The van der Waals surface area contributed by atoms with E-state index in [0.29, 0.717) is 6.42 Å². The molecule has 0 aliphatic carbocycles. The monoisotopic (exact) mass is 230 g/mol. The molecule has 1 atom stereocenters. The first kappa shape index (κ1) is 12.0. The SMILES string of the molecule is CNCCC(C)(O)c1cccc2ccncc12. The number of fused-ring (bicyclic) bond motifs is 1. The van der Waals surface area contributed by atoms with Gasteiger partial charge in [-0.05, 0) is 44.0 Å². The van der Waals surface area contributed by atoms with E-state index in [1.807, 2.05) is 44.4 Å². The Labute approximate surface area is 102 Å². The Bertz CT molecular complexity index is 503. The summed E-state index contributed by atoms with van der Waals surface area (Å²) < 4.78 is 0. The number of nitrogens with one attached hydrogen (secondary N) is 1. The summed E-state index contributed by atoms with van der Waals surface area (Å²) in [6.07, 6.45) is 4.27. The van der Waals surface area contributed by atoms with Crippen LogP contribution in [0.15, 0.2) is 36.7 Å². The minimum Gasteiger partial charge on any atom is -0.385 e. The van der Waals surface area contributed by atoms with E-state index < -0.39 is 5.60 Å². The molecule has 2 N–H and O–H groups in total. The number of benzene rings is 1. The van der Waals surface area contributed by atoms with Crippen molar-refractivity contribution in [3.63, 3.8) is 0 Å². The van der Waals surface area contributed by atoms with Crippen molar-refractivity contribution in [3.05, 3.63) is 42.2 Å². The zero-order valence-electron chi connectivity index (χ0n) is 10.3. The highest BCUT2D eigenvalue weighted by Gasteiger charge is 2.24. The van der Waals surface area contributed by atoms with Crippen molar-refractivity contribution in [2.24, 2.45) is 0 Å². The Hall–Kier alpha value is -1.45. The molecule has 1 heterocycles. The van der Waals surface area contributed by atoms with Crippen LogP contribution in [0.5, 0.6) is 0 Å². The second kappa shape index (κ2) is 4.82. The molecule has 0 spiro atoms. The van der Waals surface area contributed by atoms with Crippen LogP contribution >= 0.6 is 0 Å². The molecule has 0 amide bonds. The van der Waals surface area contributed by atoms with Gasteiger partial charge >= 0.3 is 0 Å². The van der Waals surface area contributed by atoms with Gasteiger partial charge in [-0.15, -0.1) is 0 Å². The van der Waals surface area contributed by atoms with E-state index in [9.17, 15) is 5.11 Å². The Balaban J connectivity index is 2.47. The fourth-order valence-electron chi connectivity index (χ4n) is 2.09. The summed E-state index contributed by atoms with van der Waals surface area (Å²) in [6.45, 7) is 2.63. The first-order valence-electron chi connectivity index (χ1n) is 5.85. The molecule has 2 rings (SSSR count). The largest absolute Gasteiger partial charge is 0.385 e. The lowest BCUT2D eigenvalue weighted by Crippen LogP contribution is -2.26. The summed E-state index contributed by atoms with van der Waals surface area (Å²) in [7, 11) is 1.89. The highest BCUT2D eigenvalue weighted by Crippen LogP contribution is 2.30. The lowest BCUT2D eigenvalue weighted by atomic mass is 9.89. The summed E-state index contributed by atoms with van der Waals surface area (Å²) in [5.41, 5.74) is 0.115. The minimum absolute atomic E-state index is 0.678. The third-order valence-corrected chi connectivity index (χ3v) is 3.13. The lowest BCUT2D eigenvalue weighted by molar-refractivity contribution is 0.0500. The van der Waals surface area contributed by atoms with E-state index >= 15 is 0 Å². The summed E-state index contributed by atoms with van der Waals surface area (Å²) in [4.78, 5) is 4.14. The summed E-state index contributed by atoms with van der Waals surface area (Å²) in [5, 5.41) is 15.8. The molecular formula is C14H18N2O. The summed E-state index contributed by atoms with van der Waals surface area (Å²) >= 11 is 0. The molecule has 0 aliphatic heterocycles. The topological polar surface area (TPSA) is 45.1 Å². The van der Waals surface area contributed by atoms with Crippen molar-refractivity contribution in [1.29, 1.82) is 0 Å². The predicted octanol–water partition coefficient (Wildman–Crippen LogP) is 2.05. The first-order valence-corrected chi connectivity index (χ1v) is 5.85. The quantitative estimate of drug-likeness (QED) is 0.845. The maximum Gasteiger partial charge on any atom is 0.0887 e. The number of rotatable bonds is 4. The second-order valence-corrected chi connectivity index (χ2v) is 4.53. The Morgan fingerprint density at radius 2 is 2.18 bits per heavy atom. The summed E-state index contributed by atoms with van der Waals surface area (Å²) in [5.74, 6) is 0. The molecule has 2 aromatic rings. The van der Waals surface area contributed by atoms with Gasteiger partial charge < -0.3 is 10.4 Å². The number of hydrogen-bond acceptors (Lipinski definition) is 3. The fraction of sp³-hybridized carbons (Fsp3) is 0.357. The van der Waals surface area contributed by atoms with Crippen molar-refractivity contribution in [3.8, 4) is 0 Å². The average Bonchev–Trinajstić information content (AvgIpc) is 2.36. The highest BCUT2D eigenvalue weighted by atomic mass is 16.3. The van der Waals surface area contributed by atoms with Gasteiger partial charge in [0.25, 0.3) is 0 Å². The maximum atomic E-state index is 10.5. The van der Waals surface area contributed by atoms with Crippen LogP contribution in [0.25, 0.3) is 10.8 Å². The van der Waals surface area contributed by atoms with Crippen LogP contribution in [0.4, 0.5) is 0 Å². The van der Waals surface area contributed by atoms with Gasteiger partial charge in [0.2, 0.25) is 0 Å². The van der Waals surface area contributed by atoms with Crippen LogP contribution in [0.3, 0.4) is 0 Å². The molecule has 90 valence electrons. The lowest BCUT2D eigenvalue weighted by Gasteiger charge is -2.25. The van der Waals surface area contributed by atoms with Crippen molar-refractivity contribution >= 4 is 10.8 Å². The van der Waals surface area contributed by atoms with Gasteiger partial charge in [0, 0.05) is 17.8 Å². The Morgan fingerprint density at radius 3 is 2.94 bits per heavy atom. The number of aliphatic hydroxyl groups is 1. The van der Waals surface area contributed by atoms with E-state index in [4.69, 9.17) is 0 Å². The third kappa shape index (κ3) is 2.46. The van der Waals surface area contributed by atoms with Crippen LogP contribution < -0.4 is 5.32 Å². The van der Waals surface area contributed by atoms with E-state index in [-0.39, 0.29) is 0 Å². The van der Waals surface area contributed by atoms with E-state index in [0.717, 1.165) is 22.9 Å². The van der Waals surface area contributed by atoms with Crippen molar-refractivity contribution in [2.75, 3.05) is 13.6 Å². The first-order chi connectivity index (χ1) is 8.15. The minimum atomic E-state index is -0.828. The highest BCUT2D eigenvalue weighted by molar-refractivity contribution is 5.85. The van der Waals surface area contributed by atoms with Gasteiger partial charge in [0.05, 0.1) is 5.60 Å². The number of pyridine rings is 1. The van der Waals surface area contributed by atoms with Crippen molar-refractivity contribution in [1.82, 2.24) is 10.3 Å². The van der Waals surface area contributed by atoms with Gasteiger partial charge in [0.1, 0.15) is 0 Å². The van der Waals surface area contributed by atoms with Gasteiger partial charge in [-0.3, -0.25) is 4.98 Å². The predicted molar refractivity (Wildman–Crippen MR) is 69.9 cm³/mol. The van der Waals surface area contributed by atoms with Crippen LogP contribution in [0.2, 0.25) is 0 Å². The average molecular weight is 230 g/mol. The van der Waals surface area contributed by atoms with Crippen molar-refractivity contribution < 1.29 is 5.11 Å². The molecule has 0 bridgehead atoms. The van der Waals surface area contributed by atoms with Crippen molar-refractivity contribution in [2.45, 2.75) is 18.9 Å². The van der Waals surface area contributed by atoms with Crippen LogP contribution in [-0.4, -0.2) is 23.7 Å². The molecule has 17 heavy (non-hydrogen) atoms. The fourth-order valence-corrected chi connectivity index (χ4v) is 2.09.